The van der Waals surface area contributed by atoms with E-state index in [1.165, 1.54) is 44.9 Å². The topological polar surface area (TPSA) is 29.3 Å². The molecule has 3 rings (SSSR count). The third-order valence-electron chi connectivity index (χ3n) is 4.84. The molecule has 0 aromatic heterocycles. The summed E-state index contributed by atoms with van der Waals surface area (Å²) in [5.74, 6) is 0.978. The fourth-order valence-corrected chi connectivity index (χ4v) is 4.16. The van der Waals surface area contributed by atoms with Gasteiger partial charge in [-0.1, -0.05) is 13.3 Å². The number of hydrogen-bond acceptors (Lipinski definition) is 2. The minimum atomic E-state index is 0.494. The Morgan fingerprint density at radius 1 is 0.933 bits per heavy atom. The first kappa shape index (κ1) is 10.1. The van der Waals surface area contributed by atoms with Gasteiger partial charge in [0.15, 0.2) is 0 Å². The third kappa shape index (κ3) is 1.72. The van der Waals surface area contributed by atoms with Gasteiger partial charge in [0.2, 0.25) is 0 Å². The van der Waals surface area contributed by atoms with Crippen molar-refractivity contribution in [3.8, 4) is 0 Å². The second-order valence-corrected chi connectivity index (χ2v) is 6.15. The lowest BCUT2D eigenvalue weighted by Crippen LogP contribution is -2.61. The van der Waals surface area contributed by atoms with Crippen LogP contribution in [0.15, 0.2) is 0 Å². The molecule has 3 fully saturated rings. The van der Waals surface area contributed by atoms with Gasteiger partial charge in [-0.3, -0.25) is 4.90 Å². The Labute approximate surface area is 93.2 Å². The van der Waals surface area contributed by atoms with E-state index in [9.17, 15) is 0 Å². The molecule has 15 heavy (non-hydrogen) atoms. The van der Waals surface area contributed by atoms with Crippen molar-refractivity contribution in [2.45, 2.75) is 76.0 Å². The SMILES string of the molecule is CC1CC(N2C3CCCC2CC(N)C3)C1. The molecule has 3 aliphatic rings. The minimum Gasteiger partial charge on any atom is -0.328 e. The van der Waals surface area contributed by atoms with E-state index in [0.717, 1.165) is 24.0 Å². The van der Waals surface area contributed by atoms with Gasteiger partial charge in [-0.2, -0.15) is 0 Å². The lowest BCUT2D eigenvalue weighted by Gasteiger charge is -2.55. The quantitative estimate of drug-likeness (QED) is 0.715. The molecule has 2 saturated heterocycles. The largest absolute Gasteiger partial charge is 0.328 e. The Kier molecular flexibility index (Phi) is 2.52. The Morgan fingerprint density at radius 2 is 1.53 bits per heavy atom. The normalized spacial score (nSPS) is 51.2. The van der Waals surface area contributed by atoms with E-state index in [0.29, 0.717) is 6.04 Å². The van der Waals surface area contributed by atoms with E-state index in [1.54, 1.807) is 0 Å². The molecule has 0 radical (unpaired) electrons. The van der Waals surface area contributed by atoms with Crippen LogP contribution in [0.2, 0.25) is 0 Å². The van der Waals surface area contributed by atoms with Crippen LogP contribution in [0.25, 0.3) is 0 Å². The van der Waals surface area contributed by atoms with E-state index in [2.05, 4.69) is 11.8 Å². The number of hydrogen-bond donors (Lipinski definition) is 1. The number of rotatable bonds is 1. The van der Waals surface area contributed by atoms with E-state index < -0.39 is 0 Å². The first-order valence-corrected chi connectivity index (χ1v) is 6.77. The van der Waals surface area contributed by atoms with E-state index in [-0.39, 0.29) is 0 Å². The molecule has 2 heteroatoms. The molecule has 2 N–H and O–H groups in total. The molecule has 86 valence electrons. The van der Waals surface area contributed by atoms with Crippen molar-refractivity contribution in [3.05, 3.63) is 0 Å². The molecule has 0 aromatic rings. The molecular weight excluding hydrogens is 184 g/mol. The zero-order valence-corrected chi connectivity index (χ0v) is 9.86. The molecule has 2 unspecified atom stereocenters. The maximum absolute atomic E-state index is 6.15. The maximum Gasteiger partial charge on any atom is 0.0116 e. The summed E-state index contributed by atoms with van der Waals surface area (Å²) < 4.78 is 0. The predicted molar refractivity (Wildman–Crippen MR) is 62.7 cm³/mol. The van der Waals surface area contributed by atoms with Gasteiger partial charge in [0.1, 0.15) is 0 Å². The van der Waals surface area contributed by atoms with Crippen LogP contribution >= 0.6 is 0 Å². The first-order valence-electron chi connectivity index (χ1n) is 6.77. The van der Waals surface area contributed by atoms with Gasteiger partial charge >= 0.3 is 0 Å². The molecule has 2 atom stereocenters. The van der Waals surface area contributed by atoms with E-state index in [1.807, 2.05) is 0 Å². The Bertz CT molecular complexity index is 221. The van der Waals surface area contributed by atoms with E-state index >= 15 is 0 Å². The Balaban J connectivity index is 1.71. The number of nitrogens with zero attached hydrogens (tertiary/aromatic N) is 1. The predicted octanol–water partition coefficient (Wildman–Crippen LogP) is 2.13. The molecule has 0 spiro atoms. The highest BCUT2D eigenvalue weighted by molar-refractivity contribution is 4.99. The highest BCUT2D eigenvalue weighted by Gasteiger charge is 2.43. The second kappa shape index (κ2) is 3.74. The zero-order chi connectivity index (χ0) is 10.4. The monoisotopic (exact) mass is 208 g/mol. The van der Waals surface area contributed by atoms with Crippen molar-refractivity contribution >= 4 is 0 Å². The van der Waals surface area contributed by atoms with Crippen molar-refractivity contribution in [3.63, 3.8) is 0 Å². The van der Waals surface area contributed by atoms with Crippen molar-refractivity contribution in [2.75, 3.05) is 0 Å². The second-order valence-electron chi connectivity index (χ2n) is 6.15. The fraction of sp³-hybridized carbons (Fsp3) is 1.00. The van der Waals surface area contributed by atoms with E-state index in [4.69, 9.17) is 5.73 Å². The molecule has 1 saturated carbocycles. The standard InChI is InChI=1S/C13H24N2/c1-9-5-13(6-9)15-11-3-2-4-12(15)8-10(14)7-11/h9-13H,2-8,14H2,1H3. The van der Waals surface area contributed by atoms with Gasteiger partial charge in [-0.05, 0) is 44.4 Å². The van der Waals surface area contributed by atoms with Crippen molar-refractivity contribution in [1.29, 1.82) is 0 Å². The third-order valence-corrected chi connectivity index (χ3v) is 4.84. The summed E-state index contributed by atoms with van der Waals surface area (Å²) in [6.45, 7) is 2.39. The molecule has 2 nitrogen and oxygen atoms in total. The smallest absolute Gasteiger partial charge is 0.0116 e. The molecule has 0 amide bonds. The lowest BCUT2D eigenvalue weighted by molar-refractivity contribution is -0.0466. The number of piperidine rings is 2. The van der Waals surface area contributed by atoms with Crippen LogP contribution in [0.1, 0.15) is 51.9 Å². The summed E-state index contributed by atoms with van der Waals surface area (Å²) in [5, 5.41) is 0. The summed E-state index contributed by atoms with van der Waals surface area (Å²) in [5.41, 5.74) is 6.15. The number of nitrogens with two attached hydrogens (primary N) is 1. The molecule has 2 aliphatic heterocycles. The van der Waals surface area contributed by atoms with Crippen molar-refractivity contribution < 1.29 is 0 Å². The van der Waals surface area contributed by atoms with Crippen LogP contribution in [0.5, 0.6) is 0 Å². The summed E-state index contributed by atoms with van der Waals surface area (Å²) in [4.78, 5) is 2.87. The summed E-state index contributed by atoms with van der Waals surface area (Å²) in [6.07, 6.45) is 9.69. The van der Waals surface area contributed by atoms with Gasteiger partial charge < -0.3 is 5.73 Å². The average Bonchev–Trinajstić information content (AvgIpc) is 2.12. The first-order chi connectivity index (χ1) is 7.24. The average molecular weight is 208 g/mol. The molecule has 0 aromatic carbocycles. The van der Waals surface area contributed by atoms with Gasteiger partial charge in [-0.15, -0.1) is 0 Å². The Morgan fingerprint density at radius 3 is 2.07 bits per heavy atom. The van der Waals surface area contributed by atoms with Crippen LogP contribution in [-0.2, 0) is 0 Å². The summed E-state index contributed by atoms with van der Waals surface area (Å²) in [7, 11) is 0. The maximum atomic E-state index is 6.15. The van der Waals surface area contributed by atoms with Crippen LogP contribution in [0.3, 0.4) is 0 Å². The number of fused-ring (bicyclic) bond motifs is 2. The van der Waals surface area contributed by atoms with Gasteiger partial charge in [0, 0.05) is 24.2 Å². The highest BCUT2D eigenvalue weighted by atomic mass is 15.2. The summed E-state index contributed by atoms with van der Waals surface area (Å²) >= 11 is 0. The van der Waals surface area contributed by atoms with Crippen LogP contribution in [0, 0.1) is 5.92 Å². The van der Waals surface area contributed by atoms with Gasteiger partial charge in [0.25, 0.3) is 0 Å². The van der Waals surface area contributed by atoms with Gasteiger partial charge in [0.05, 0.1) is 0 Å². The molecule has 1 aliphatic carbocycles. The van der Waals surface area contributed by atoms with Crippen molar-refractivity contribution in [2.24, 2.45) is 11.7 Å². The lowest BCUT2D eigenvalue weighted by atomic mass is 9.74. The summed E-state index contributed by atoms with van der Waals surface area (Å²) in [6, 6.07) is 3.09. The fourth-order valence-electron chi connectivity index (χ4n) is 4.16. The Hall–Kier alpha value is -0.0800. The minimum absolute atomic E-state index is 0.494. The molecular formula is C13H24N2. The van der Waals surface area contributed by atoms with Gasteiger partial charge in [-0.25, -0.2) is 0 Å². The van der Waals surface area contributed by atoms with Crippen LogP contribution in [-0.4, -0.2) is 29.1 Å². The van der Waals surface area contributed by atoms with Crippen LogP contribution in [0.4, 0.5) is 0 Å². The van der Waals surface area contributed by atoms with Crippen LogP contribution < -0.4 is 5.73 Å². The molecule has 2 heterocycles. The molecule has 2 bridgehead atoms. The zero-order valence-electron chi connectivity index (χ0n) is 9.86. The highest BCUT2D eigenvalue weighted by Crippen LogP contribution is 2.41. The van der Waals surface area contributed by atoms with Crippen molar-refractivity contribution in [1.82, 2.24) is 4.90 Å².